The van der Waals surface area contributed by atoms with Crippen molar-refractivity contribution in [3.8, 4) is 11.4 Å². The van der Waals surface area contributed by atoms with Crippen LogP contribution in [0.3, 0.4) is 0 Å². The summed E-state index contributed by atoms with van der Waals surface area (Å²) in [6.45, 7) is 2.88. The molecular formula is C25H24BrN5O. The van der Waals surface area contributed by atoms with E-state index in [-0.39, 0.29) is 5.92 Å². The fraction of sp³-hybridized carbons (Fsp3) is 0.240. The summed E-state index contributed by atoms with van der Waals surface area (Å²) in [6, 6.07) is 14.5. The zero-order chi connectivity index (χ0) is 22.1. The highest BCUT2D eigenvalue weighted by Gasteiger charge is 2.26. The highest BCUT2D eigenvalue weighted by atomic mass is 79.9. The van der Waals surface area contributed by atoms with Crippen LogP contribution in [-0.4, -0.2) is 31.4 Å². The average Bonchev–Trinajstić information content (AvgIpc) is 3.43. The number of ether oxygens (including phenoxy) is 1. The van der Waals surface area contributed by atoms with Crippen molar-refractivity contribution in [3.63, 3.8) is 0 Å². The monoisotopic (exact) mass is 489 g/mol. The van der Waals surface area contributed by atoms with Gasteiger partial charge in [0.1, 0.15) is 11.6 Å². The van der Waals surface area contributed by atoms with E-state index in [1.165, 1.54) is 5.56 Å². The molecule has 6 nitrogen and oxygen atoms in total. The van der Waals surface area contributed by atoms with Crippen LogP contribution in [0.15, 0.2) is 59.5 Å². The Hall–Kier alpha value is -3.19. The summed E-state index contributed by atoms with van der Waals surface area (Å²) in [5, 5.41) is 4.74. The molecule has 0 amide bonds. The number of hydrogen-bond acceptors (Lipinski definition) is 4. The second-order valence-electron chi connectivity index (χ2n) is 7.95. The van der Waals surface area contributed by atoms with Crippen molar-refractivity contribution in [1.82, 2.24) is 24.3 Å². The van der Waals surface area contributed by atoms with Crippen LogP contribution in [0, 0.1) is 6.92 Å². The minimum atomic E-state index is 0.256. The van der Waals surface area contributed by atoms with E-state index in [4.69, 9.17) is 14.8 Å². The van der Waals surface area contributed by atoms with Gasteiger partial charge in [-0.25, -0.2) is 14.6 Å². The normalized spacial score (nSPS) is 15.8. The fourth-order valence-corrected chi connectivity index (χ4v) is 4.79. The molecule has 0 saturated carbocycles. The summed E-state index contributed by atoms with van der Waals surface area (Å²) in [7, 11) is 1.68. The van der Waals surface area contributed by atoms with Gasteiger partial charge in [0, 0.05) is 23.1 Å². The van der Waals surface area contributed by atoms with Gasteiger partial charge in [0.05, 0.1) is 24.8 Å². The Morgan fingerprint density at radius 3 is 2.81 bits per heavy atom. The van der Waals surface area contributed by atoms with E-state index in [0.29, 0.717) is 0 Å². The minimum Gasteiger partial charge on any atom is -0.495 e. The zero-order valence-electron chi connectivity index (χ0n) is 18.1. The predicted octanol–water partition coefficient (Wildman–Crippen LogP) is 5.64. The number of fused-ring (bicyclic) bond motifs is 1. The molecule has 0 N–H and O–H groups in total. The summed E-state index contributed by atoms with van der Waals surface area (Å²) in [6.07, 6.45) is 9.95. The van der Waals surface area contributed by atoms with Crippen molar-refractivity contribution in [2.45, 2.75) is 32.2 Å². The molecule has 32 heavy (non-hydrogen) atoms. The third-order valence-electron chi connectivity index (χ3n) is 5.79. The number of imidazole rings is 1. The lowest BCUT2D eigenvalue weighted by atomic mass is 9.91. The SMILES string of the molecule is COc1cc(C=Cc2nc3n(n2)CCCC3c2ccccc2Br)ccc1-n1cnc(C)c1. The molecule has 0 aliphatic carbocycles. The minimum absolute atomic E-state index is 0.256. The van der Waals surface area contributed by atoms with Gasteiger partial charge in [-0.15, -0.1) is 0 Å². The van der Waals surface area contributed by atoms with Crippen LogP contribution in [-0.2, 0) is 6.54 Å². The van der Waals surface area contributed by atoms with Crippen LogP contribution < -0.4 is 4.74 Å². The van der Waals surface area contributed by atoms with E-state index in [0.717, 1.165) is 58.2 Å². The summed E-state index contributed by atoms with van der Waals surface area (Å²) in [5.41, 5.74) is 4.22. The first-order chi connectivity index (χ1) is 15.6. The number of hydrogen-bond donors (Lipinski definition) is 0. The number of benzene rings is 2. The molecule has 5 rings (SSSR count). The molecule has 0 bridgehead atoms. The molecule has 162 valence electrons. The van der Waals surface area contributed by atoms with Gasteiger partial charge in [0.15, 0.2) is 5.82 Å². The molecule has 0 fully saturated rings. The highest BCUT2D eigenvalue weighted by molar-refractivity contribution is 9.10. The lowest BCUT2D eigenvalue weighted by molar-refractivity contribution is 0.413. The zero-order valence-corrected chi connectivity index (χ0v) is 19.7. The number of aromatic nitrogens is 5. The Kier molecular flexibility index (Phi) is 5.66. The second kappa shape index (κ2) is 8.74. The standard InChI is InChI=1S/C25H24BrN5O/c1-17-15-30(16-27-17)22-11-9-18(14-23(22)32-2)10-12-24-28-25-20(7-5-13-31(25)29-24)19-6-3-4-8-21(19)26/h3-4,6,8-12,14-16,20H,5,7,13H2,1-2H3. The Morgan fingerprint density at radius 2 is 2.03 bits per heavy atom. The molecule has 0 spiro atoms. The largest absolute Gasteiger partial charge is 0.495 e. The number of nitrogens with zero attached hydrogens (tertiary/aromatic N) is 5. The smallest absolute Gasteiger partial charge is 0.174 e. The Bertz CT molecular complexity index is 1290. The molecule has 1 unspecified atom stereocenters. The third kappa shape index (κ3) is 4.00. The number of aryl methyl sites for hydroxylation is 2. The molecule has 1 aliphatic heterocycles. The van der Waals surface area contributed by atoms with E-state index in [2.05, 4.69) is 49.9 Å². The maximum absolute atomic E-state index is 5.62. The maximum atomic E-state index is 5.62. The molecule has 7 heteroatoms. The van der Waals surface area contributed by atoms with Crippen LogP contribution in [0.4, 0.5) is 0 Å². The maximum Gasteiger partial charge on any atom is 0.174 e. The molecule has 0 radical (unpaired) electrons. The molecular weight excluding hydrogens is 466 g/mol. The number of methoxy groups -OCH3 is 1. The van der Waals surface area contributed by atoms with Gasteiger partial charge in [0.25, 0.3) is 0 Å². The van der Waals surface area contributed by atoms with E-state index < -0.39 is 0 Å². The van der Waals surface area contributed by atoms with Gasteiger partial charge >= 0.3 is 0 Å². The second-order valence-corrected chi connectivity index (χ2v) is 8.81. The van der Waals surface area contributed by atoms with E-state index >= 15 is 0 Å². The van der Waals surface area contributed by atoms with Gasteiger partial charge in [-0.05, 0) is 55.2 Å². The first-order valence-electron chi connectivity index (χ1n) is 10.7. The Balaban J connectivity index is 1.42. The quantitative estimate of drug-likeness (QED) is 0.364. The first kappa shape index (κ1) is 20.7. The third-order valence-corrected chi connectivity index (χ3v) is 6.51. The van der Waals surface area contributed by atoms with Gasteiger partial charge in [0.2, 0.25) is 0 Å². The van der Waals surface area contributed by atoms with E-state index in [1.807, 2.05) is 48.0 Å². The number of halogens is 1. The van der Waals surface area contributed by atoms with Crippen LogP contribution in [0.5, 0.6) is 5.75 Å². The van der Waals surface area contributed by atoms with Crippen molar-refractivity contribution in [2.75, 3.05) is 7.11 Å². The van der Waals surface area contributed by atoms with Crippen molar-refractivity contribution in [3.05, 3.63) is 87.9 Å². The Morgan fingerprint density at radius 1 is 1.16 bits per heavy atom. The Labute approximate surface area is 195 Å². The number of rotatable bonds is 5. The van der Waals surface area contributed by atoms with E-state index in [9.17, 15) is 0 Å². The highest BCUT2D eigenvalue weighted by Crippen LogP contribution is 2.36. The summed E-state index contributed by atoms with van der Waals surface area (Å²) in [5.74, 6) is 2.81. The average molecular weight is 490 g/mol. The summed E-state index contributed by atoms with van der Waals surface area (Å²) >= 11 is 3.70. The van der Waals surface area contributed by atoms with Crippen molar-refractivity contribution >= 4 is 28.1 Å². The van der Waals surface area contributed by atoms with Crippen LogP contribution in [0.2, 0.25) is 0 Å². The van der Waals surface area contributed by atoms with Crippen LogP contribution in [0.1, 0.15) is 47.2 Å². The predicted molar refractivity (Wildman–Crippen MR) is 129 cm³/mol. The first-order valence-corrected chi connectivity index (χ1v) is 11.5. The van der Waals surface area contributed by atoms with Gasteiger partial charge in [-0.1, -0.05) is 46.3 Å². The van der Waals surface area contributed by atoms with Crippen LogP contribution >= 0.6 is 15.9 Å². The molecule has 1 aliphatic rings. The topological polar surface area (TPSA) is 57.8 Å². The van der Waals surface area contributed by atoms with Gasteiger partial charge < -0.3 is 9.30 Å². The van der Waals surface area contributed by atoms with E-state index in [1.54, 1.807) is 13.4 Å². The summed E-state index contributed by atoms with van der Waals surface area (Å²) in [4.78, 5) is 9.18. The lowest BCUT2D eigenvalue weighted by Crippen LogP contribution is -2.18. The fourth-order valence-electron chi connectivity index (χ4n) is 4.23. The van der Waals surface area contributed by atoms with Gasteiger partial charge in [-0.3, -0.25) is 0 Å². The van der Waals surface area contributed by atoms with Crippen molar-refractivity contribution in [2.24, 2.45) is 0 Å². The van der Waals surface area contributed by atoms with Crippen LogP contribution in [0.25, 0.3) is 17.8 Å². The summed E-state index contributed by atoms with van der Waals surface area (Å²) < 4.78 is 10.8. The van der Waals surface area contributed by atoms with Crippen molar-refractivity contribution < 1.29 is 4.74 Å². The van der Waals surface area contributed by atoms with Gasteiger partial charge in [-0.2, -0.15) is 5.10 Å². The lowest BCUT2D eigenvalue weighted by Gasteiger charge is -2.23. The molecule has 3 heterocycles. The van der Waals surface area contributed by atoms with Crippen molar-refractivity contribution in [1.29, 1.82) is 0 Å². The molecule has 1 atom stereocenters. The molecule has 4 aromatic rings. The molecule has 2 aromatic carbocycles. The molecule has 2 aromatic heterocycles. The molecule has 0 saturated heterocycles.